The maximum Gasteiger partial charge on any atom is 0.0673 e. The zero-order valence-corrected chi connectivity index (χ0v) is 13.8. The van der Waals surface area contributed by atoms with Gasteiger partial charge in [0.25, 0.3) is 0 Å². The molecule has 0 amide bonds. The molecule has 0 aliphatic carbocycles. The Hall–Kier alpha value is -0.900. The van der Waals surface area contributed by atoms with Crippen molar-refractivity contribution in [3.8, 4) is 0 Å². The number of nitrogens with one attached hydrogen (secondary N) is 1. The predicted molar refractivity (Wildman–Crippen MR) is 88.7 cm³/mol. The van der Waals surface area contributed by atoms with Crippen LogP contribution in [0.3, 0.4) is 0 Å². The van der Waals surface area contributed by atoms with Gasteiger partial charge in [-0.2, -0.15) is 0 Å². The zero-order valence-electron chi connectivity index (χ0n) is 13.8. The van der Waals surface area contributed by atoms with Gasteiger partial charge in [-0.1, -0.05) is 31.2 Å². The predicted octanol–water partition coefficient (Wildman–Crippen LogP) is 3.15. The van der Waals surface area contributed by atoms with Gasteiger partial charge in [0.1, 0.15) is 0 Å². The summed E-state index contributed by atoms with van der Waals surface area (Å²) in [7, 11) is 0. The lowest BCUT2D eigenvalue weighted by molar-refractivity contribution is 0.0672. The third-order valence-electron chi connectivity index (χ3n) is 4.28. The molecule has 1 heterocycles. The molecule has 1 N–H and O–H groups in total. The molecule has 2 rings (SSSR count). The Balaban J connectivity index is 1.95. The molecule has 0 aromatic heterocycles. The van der Waals surface area contributed by atoms with Gasteiger partial charge in [0.2, 0.25) is 0 Å². The van der Waals surface area contributed by atoms with E-state index in [-0.39, 0.29) is 0 Å². The molecule has 3 nitrogen and oxygen atoms in total. The van der Waals surface area contributed by atoms with Crippen LogP contribution in [0.5, 0.6) is 0 Å². The van der Waals surface area contributed by atoms with Gasteiger partial charge in [-0.25, -0.2) is 0 Å². The molecule has 1 saturated heterocycles. The van der Waals surface area contributed by atoms with Gasteiger partial charge < -0.3 is 15.0 Å². The number of benzene rings is 1. The van der Waals surface area contributed by atoms with Gasteiger partial charge in [-0.3, -0.25) is 0 Å². The molecule has 1 aliphatic rings. The summed E-state index contributed by atoms with van der Waals surface area (Å²) < 4.78 is 5.73. The molecule has 118 valence electrons. The van der Waals surface area contributed by atoms with Gasteiger partial charge in [-0.05, 0) is 44.4 Å². The number of ether oxygens (including phenoxy) is 1. The minimum absolute atomic E-state index is 0.364. The maximum atomic E-state index is 5.73. The number of aryl methyl sites for hydroxylation is 1. The Bertz CT molecular complexity index is 421. The SMILES string of the molecule is CCNC(CCN1CCCOC(C)C1)c1ccccc1C. The quantitative estimate of drug-likeness (QED) is 0.871. The number of hydrogen-bond acceptors (Lipinski definition) is 3. The van der Waals surface area contributed by atoms with Crippen LogP contribution in [0.25, 0.3) is 0 Å². The summed E-state index contributed by atoms with van der Waals surface area (Å²) >= 11 is 0. The molecule has 21 heavy (non-hydrogen) atoms. The van der Waals surface area contributed by atoms with Crippen LogP contribution in [-0.2, 0) is 4.74 Å². The van der Waals surface area contributed by atoms with Crippen LogP contribution in [0, 0.1) is 6.92 Å². The highest BCUT2D eigenvalue weighted by atomic mass is 16.5. The van der Waals surface area contributed by atoms with E-state index in [2.05, 4.69) is 55.3 Å². The van der Waals surface area contributed by atoms with Crippen molar-refractivity contribution in [3.63, 3.8) is 0 Å². The van der Waals surface area contributed by atoms with Gasteiger partial charge in [0.15, 0.2) is 0 Å². The van der Waals surface area contributed by atoms with Crippen molar-refractivity contribution in [2.45, 2.75) is 45.8 Å². The van der Waals surface area contributed by atoms with E-state index >= 15 is 0 Å². The largest absolute Gasteiger partial charge is 0.377 e. The molecular formula is C18H30N2O. The van der Waals surface area contributed by atoms with E-state index < -0.39 is 0 Å². The molecule has 0 bridgehead atoms. The van der Waals surface area contributed by atoms with E-state index in [1.165, 1.54) is 11.1 Å². The molecule has 1 aromatic carbocycles. The second-order valence-electron chi connectivity index (χ2n) is 6.09. The minimum Gasteiger partial charge on any atom is -0.377 e. The molecule has 0 radical (unpaired) electrons. The Kier molecular flexibility index (Phi) is 6.68. The highest BCUT2D eigenvalue weighted by molar-refractivity contribution is 5.28. The molecule has 1 aromatic rings. The third kappa shape index (κ3) is 5.10. The lowest BCUT2D eigenvalue weighted by Crippen LogP contribution is -2.34. The van der Waals surface area contributed by atoms with E-state index in [4.69, 9.17) is 4.74 Å². The fraction of sp³-hybridized carbons (Fsp3) is 0.667. The monoisotopic (exact) mass is 290 g/mol. The van der Waals surface area contributed by atoms with Crippen LogP contribution in [0.4, 0.5) is 0 Å². The van der Waals surface area contributed by atoms with Crippen LogP contribution in [0.15, 0.2) is 24.3 Å². The highest BCUT2D eigenvalue weighted by Crippen LogP contribution is 2.21. The summed E-state index contributed by atoms with van der Waals surface area (Å²) in [6, 6.07) is 9.19. The summed E-state index contributed by atoms with van der Waals surface area (Å²) in [5, 5.41) is 3.65. The molecule has 0 saturated carbocycles. The van der Waals surface area contributed by atoms with Crippen molar-refractivity contribution >= 4 is 0 Å². The summed E-state index contributed by atoms with van der Waals surface area (Å²) in [6.45, 7) is 11.9. The smallest absolute Gasteiger partial charge is 0.0673 e. The molecule has 2 atom stereocenters. The van der Waals surface area contributed by atoms with Crippen molar-refractivity contribution in [2.24, 2.45) is 0 Å². The topological polar surface area (TPSA) is 24.5 Å². The lowest BCUT2D eigenvalue weighted by atomic mass is 9.98. The van der Waals surface area contributed by atoms with Gasteiger partial charge >= 0.3 is 0 Å². The van der Waals surface area contributed by atoms with Crippen LogP contribution in [0.2, 0.25) is 0 Å². The van der Waals surface area contributed by atoms with Crippen molar-refractivity contribution in [1.29, 1.82) is 0 Å². The Labute approximate surface area is 129 Å². The summed E-state index contributed by atoms with van der Waals surface area (Å²) in [6.07, 6.45) is 2.68. The van der Waals surface area contributed by atoms with Crippen molar-refractivity contribution in [1.82, 2.24) is 10.2 Å². The van der Waals surface area contributed by atoms with E-state index in [9.17, 15) is 0 Å². The minimum atomic E-state index is 0.364. The second-order valence-corrected chi connectivity index (χ2v) is 6.09. The Morgan fingerprint density at radius 2 is 2.19 bits per heavy atom. The fourth-order valence-corrected chi connectivity index (χ4v) is 3.19. The average molecular weight is 290 g/mol. The first kappa shape index (κ1) is 16.5. The van der Waals surface area contributed by atoms with Gasteiger partial charge in [0.05, 0.1) is 6.10 Å². The normalized spacial score (nSPS) is 22.0. The zero-order chi connectivity index (χ0) is 15.1. The van der Waals surface area contributed by atoms with Crippen LogP contribution >= 0.6 is 0 Å². The van der Waals surface area contributed by atoms with Crippen molar-refractivity contribution < 1.29 is 4.74 Å². The molecule has 1 aliphatic heterocycles. The summed E-state index contributed by atoms with van der Waals surface area (Å²) in [5.74, 6) is 0. The number of hydrogen-bond donors (Lipinski definition) is 1. The van der Waals surface area contributed by atoms with E-state index in [1.807, 2.05) is 0 Å². The molecule has 0 spiro atoms. The van der Waals surface area contributed by atoms with Gasteiger partial charge in [0, 0.05) is 32.3 Å². The van der Waals surface area contributed by atoms with Crippen LogP contribution in [-0.4, -0.2) is 43.8 Å². The molecule has 2 unspecified atom stereocenters. The van der Waals surface area contributed by atoms with Gasteiger partial charge in [-0.15, -0.1) is 0 Å². The fourth-order valence-electron chi connectivity index (χ4n) is 3.19. The lowest BCUT2D eigenvalue weighted by Gasteiger charge is -2.26. The van der Waals surface area contributed by atoms with E-state index in [0.717, 1.165) is 45.6 Å². The Morgan fingerprint density at radius 1 is 1.38 bits per heavy atom. The van der Waals surface area contributed by atoms with E-state index in [1.54, 1.807) is 0 Å². The van der Waals surface area contributed by atoms with Crippen molar-refractivity contribution in [2.75, 3.05) is 32.8 Å². The summed E-state index contributed by atoms with van der Waals surface area (Å²) in [4.78, 5) is 2.56. The molecule has 3 heteroatoms. The number of rotatable bonds is 6. The first-order chi connectivity index (χ1) is 10.2. The second kappa shape index (κ2) is 8.52. The average Bonchev–Trinajstić information content (AvgIpc) is 2.68. The first-order valence-corrected chi connectivity index (χ1v) is 8.33. The molecular weight excluding hydrogens is 260 g/mol. The highest BCUT2D eigenvalue weighted by Gasteiger charge is 2.18. The Morgan fingerprint density at radius 3 is 2.95 bits per heavy atom. The van der Waals surface area contributed by atoms with E-state index in [0.29, 0.717) is 12.1 Å². The third-order valence-corrected chi connectivity index (χ3v) is 4.28. The van der Waals surface area contributed by atoms with Crippen molar-refractivity contribution in [3.05, 3.63) is 35.4 Å². The molecule has 1 fully saturated rings. The standard InChI is InChI=1S/C18H30N2O/c1-4-19-18(17-9-6-5-8-15(17)2)10-12-20-11-7-13-21-16(3)14-20/h5-6,8-9,16,18-19H,4,7,10-14H2,1-3H3. The first-order valence-electron chi connectivity index (χ1n) is 8.33. The number of nitrogens with zero attached hydrogens (tertiary/aromatic N) is 1. The van der Waals surface area contributed by atoms with Crippen LogP contribution in [0.1, 0.15) is 43.9 Å². The summed E-state index contributed by atoms with van der Waals surface area (Å²) in [5.41, 5.74) is 2.83. The maximum absolute atomic E-state index is 5.73. The van der Waals surface area contributed by atoms with Crippen LogP contribution < -0.4 is 5.32 Å².